The molecule has 1 aliphatic carbocycles. The van der Waals surface area contributed by atoms with Gasteiger partial charge in [-0.05, 0) is 19.8 Å². The smallest absolute Gasteiger partial charge is 0.279 e. The molecule has 0 aliphatic heterocycles. The maximum atomic E-state index is 12.0. The van der Waals surface area contributed by atoms with E-state index >= 15 is 0 Å². The Morgan fingerprint density at radius 2 is 2.14 bits per heavy atom. The van der Waals surface area contributed by atoms with Crippen molar-refractivity contribution in [3.05, 3.63) is 16.0 Å². The summed E-state index contributed by atoms with van der Waals surface area (Å²) in [5, 5.41) is 7.61. The number of amides is 1. The summed E-state index contributed by atoms with van der Waals surface area (Å²) in [6.45, 7) is 1.86. The second kappa shape index (κ2) is 6.12. The van der Waals surface area contributed by atoms with E-state index in [1.165, 1.54) is 24.6 Å². The van der Waals surface area contributed by atoms with Gasteiger partial charge in [-0.2, -0.15) is 5.10 Å². The first kappa shape index (κ1) is 15.1. The van der Waals surface area contributed by atoms with Crippen LogP contribution in [-0.2, 0) is 11.8 Å². The van der Waals surface area contributed by atoms with E-state index in [0.717, 1.165) is 18.5 Å². The van der Waals surface area contributed by atoms with Crippen LogP contribution in [0.5, 0.6) is 0 Å². The Hall–Kier alpha value is -1.83. The number of hydrogen-bond donors (Lipinski definition) is 2. The van der Waals surface area contributed by atoms with Gasteiger partial charge < -0.3 is 5.32 Å². The number of aryl methyl sites for hydroxylation is 2. The fourth-order valence-corrected chi connectivity index (χ4v) is 3.38. The van der Waals surface area contributed by atoms with Crippen LogP contribution in [0.4, 0.5) is 0 Å². The molecule has 3 rings (SSSR count). The summed E-state index contributed by atoms with van der Waals surface area (Å²) in [7, 11) is 1.78. The summed E-state index contributed by atoms with van der Waals surface area (Å²) in [6, 6.07) is 0.308. The normalized spacial score (nSPS) is 15.5. The number of rotatable bonds is 4. The lowest BCUT2D eigenvalue weighted by molar-refractivity contribution is -0.119. The SMILES string of the molecule is Cc1c2nc(SCC(=O)NC3CCCC3)[nH]c(=O)c2nn1C. The van der Waals surface area contributed by atoms with Crippen LogP contribution in [0.15, 0.2) is 9.95 Å². The quantitative estimate of drug-likeness (QED) is 0.650. The summed E-state index contributed by atoms with van der Waals surface area (Å²) < 4.78 is 1.63. The van der Waals surface area contributed by atoms with E-state index in [2.05, 4.69) is 20.4 Å². The third kappa shape index (κ3) is 3.01. The zero-order valence-corrected chi connectivity index (χ0v) is 13.5. The number of aromatic amines is 1. The number of carbonyl (C=O) groups excluding carboxylic acids is 1. The van der Waals surface area contributed by atoms with Gasteiger partial charge >= 0.3 is 0 Å². The van der Waals surface area contributed by atoms with Crippen LogP contribution in [0.1, 0.15) is 31.4 Å². The van der Waals surface area contributed by atoms with E-state index in [0.29, 0.717) is 22.2 Å². The van der Waals surface area contributed by atoms with Crippen LogP contribution < -0.4 is 10.9 Å². The van der Waals surface area contributed by atoms with Crippen molar-refractivity contribution >= 4 is 28.7 Å². The average molecular weight is 321 g/mol. The Morgan fingerprint density at radius 3 is 2.86 bits per heavy atom. The van der Waals surface area contributed by atoms with E-state index in [1.807, 2.05) is 6.92 Å². The molecule has 2 heterocycles. The van der Waals surface area contributed by atoms with Gasteiger partial charge in [0.05, 0.1) is 11.4 Å². The van der Waals surface area contributed by atoms with Gasteiger partial charge in [0.15, 0.2) is 10.7 Å². The van der Waals surface area contributed by atoms with E-state index in [-0.39, 0.29) is 17.2 Å². The summed E-state index contributed by atoms with van der Waals surface area (Å²) in [5.74, 6) is 0.243. The van der Waals surface area contributed by atoms with Crippen LogP contribution in [0, 0.1) is 6.92 Å². The number of nitrogens with zero attached hydrogens (tertiary/aromatic N) is 3. The molecule has 0 saturated heterocycles. The Morgan fingerprint density at radius 1 is 1.41 bits per heavy atom. The van der Waals surface area contributed by atoms with Gasteiger partial charge in [-0.3, -0.25) is 19.3 Å². The minimum atomic E-state index is -0.271. The van der Waals surface area contributed by atoms with Crippen molar-refractivity contribution in [3.63, 3.8) is 0 Å². The number of fused-ring (bicyclic) bond motifs is 1. The Kier molecular flexibility index (Phi) is 4.19. The van der Waals surface area contributed by atoms with Crippen molar-refractivity contribution < 1.29 is 4.79 Å². The molecule has 2 aromatic heterocycles. The molecule has 1 aliphatic rings. The molecule has 0 bridgehead atoms. The van der Waals surface area contributed by atoms with Gasteiger partial charge in [-0.15, -0.1) is 0 Å². The first-order valence-electron chi connectivity index (χ1n) is 7.40. The summed E-state index contributed by atoms with van der Waals surface area (Å²) in [5.41, 5.74) is 1.48. The van der Waals surface area contributed by atoms with Crippen molar-refractivity contribution in [2.45, 2.75) is 43.8 Å². The van der Waals surface area contributed by atoms with Crippen LogP contribution in [0.2, 0.25) is 0 Å². The molecular formula is C14H19N5O2S. The minimum Gasteiger partial charge on any atom is -0.353 e. The number of aromatic nitrogens is 4. The molecule has 1 fully saturated rings. The Labute approximate surface area is 131 Å². The summed E-state index contributed by atoms with van der Waals surface area (Å²) >= 11 is 1.24. The van der Waals surface area contributed by atoms with Gasteiger partial charge in [-0.1, -0.05) is 24.6 Å². The molecule has 0 radical (unpaired) electrons. The highest BCUT2D eigenvalue weighted by Crippen LogP contribution is 2.19. The monoisotopic (exact) mass is 321 g/mol. The van der Waals surface area contributed by atoms with Gasteiger partial charge in [0.25, 0.3) is 5.56 Å². The summed E-state index contributed by atoms with van der Waals surface area (Å²) in [6.07, 6.45) is 4.49. The number of hydrogen-bond acceptors (Lipinski definition) is 5. The standard InChI is InChI=1S/C14H19N5O2S/c1-8-11-12(18-19(8)2)13(21)17-14(16-11)22-7-10(20)15-9-5-3-4-6-9/h9H,3-7H2,1-2H3,(H,15,20)(H,16,17,21). The lowest BCUT2D eigenvalue weighted by atomic mass is 10.2. The molecular weight excluding hydrogens is 302 g/mol. The highest BCUT2D eigenvalue weighted by atomic mass is 32.2. The molecule has 2 aromatic rings. The van der Waals surface area contributed by atoms with Crippen LogP contribution in [0.25, 0.3) is 11.0 Å². The molecule has 2 N–H and O–H groups in total. The number of carbonyl (C=O) groups is 1. The zero-order valence-electron chi connectivity index (χ0n) is 12.7. The third-order valence-corrected chi connectivity index (χ3v) is 4.88. The predicted octanol–water partition coefficient (Wildman–Crippen LogP) is 1.12. The number of thioether (sulfide) groups is 1. The topological polar surface area (TPSA) is 92.7 Å². The first-order chi connectivity index (χ1) is 10.5. The first-order valence-corrected chi connectivity index (χ1v) is 8.39. The molecule has 8 heteroatoms. The van der Waals surface area contributed by atoms with E-state index in [4.69, 9.17) is 0 Å². The lowest BCUT2D eigenvalue weighted by Gasteiger charge is -2.11. The van der Waals surface area contributed by atoms with Crippen LogP contribution in [0.3, 0.4) is 0 Å². The molecule has 0 unspecified atom stereocenters. The van der Waals surface area contributed by atoms with Gasteiger partial charge in [0.2, 0.25) is 5.91 Å². The molecule has 0 spiro atoms. The van der Waals surface area contributed by atoms with E-state index in [1.54, 1.807) is 11.7 Å². The second-order valence-corrected chi connectivity index (χ2v) is 6.58. The van der Waals surface area contributed by atoms with Gasteiger partial charge in [0, 0.05) is 13.1 Å². The molecule has 22 heavy (non-hydrogen) atoms. The minimum absolute atomic E-state index is 0.0115. The molecule has 0 atom stereocenters. The summed E-state index contributed by atoms with van der Waals surface area (Å²) in [4.78, 5) is 31.0. The van der Waals surface area contributed by atoms with Crippen molar-refractivity contribution in [2.75, 3.05) is 5.75 Å². The fourth-order valence-electron chi connectivity index (χ4n) is 2.71. The van der Waals surface area contributed by atoms with Crippen molar-refractivity contribution in [2.24, 2.45) is 7.05 Å². The second-order valence-electron chi connectivity index (χ2n) is 5.61. The predicted molar refractivity (Wildman–Crippen MR) is 85.0 cm³/mol. The number of nitrogens with one attached hydrogen (secondary N) is 2. The zero-order chi connectivity index (χ0) is 15.7. The molecule has 7 nitrogen and oxygen atoms in total. The highest BCUT2D eigenvalue weighted by Gasteiger charge is 2.18. The van der Waals surface area contributed by atoms with Crippen molar-refractivity contribution in [1.29, 1.82) is 0 Å². The van der Waals surface area contributed by atoms with Crippen LogP contribution >= 0.6 is 11.8 Å². The third-order valence-electron chi connectivity index (χ3n) is 4.01. The fraction of sp³-hybridized carbons (Fsp3) is 0.571. The average Bonchev–Trinajstić information content (AvgIpc) is 3.08. The lowest BCUT2D eigenvalue weighted by Crippen LogP contribution is -2.33. The van der Waals surface area contributed by atoms with Crippen LogP contribution in [-0.4, -0.2) is 37.5 Å². The van der Waals surface area contributed by atoms with Gasteiger partial charge in [-0.25, -0.2) is 4.98 Å². The van der Waals surface area contributed by atoms with Crippen molar-refractivity contribution in [3.8, 4) is 0 Å². The van der Waals surface area contributed by atoms with Crippen molar-refractivity contribution in [1.82, 2.24) is 25.1 Å². The molecule has 118 valence electrons. The Bertz CT molecular complexity index is 760. The molecule has 1 amide bonds. The van der Waals surface area contributed by atoms with E-state index < -0.39 is 0 Å². The van der Waals surface area contributed by atoms with Gasteiger partial charge in [0.1, 0.15) is 5.52 Å². The number of H-pyrrole nitrogens is 1. The Balaban J connectivity index is 1.69. The maximum absolute atomic E-state index is 12.0. The maximum Gasteiger partial charge on any atom is 0.279 e. The largest absolute Gasteiger partial charge is 0.353 e. The highest BCUT2D eigenvalue weighted by molar-refractivity contribution is 7.99. The van der Waals surface area contributed by atoms with E-state index in [9.17, 15) is 9.59 Å². The molecule has 1 saturated carbocycles. The molecule has 0 aromatic carbocycles.